The Labute approximate surface area is 136 Å². The lowest BCUT2D eigenvalue weighted by atomic mass is 10.1. The van der Waals surface area contributed by atoms with Crippen molar-refractivity contribution < 1.29 is 9.47 Å². The summed E-state index contributed by atoms with van der Waals surface area (Å²) >= 11 is 0. The number of likely N-dealkylation sites (N-methyl/N-ethyl adjacent to an activating group) is 1. The summed E-state index contributed by atoms with van der Waals surface area (Å²) in [5, 5.41) is 10.7. The molecule has 1 fully saturated rings. The predicted octanol–water partition coefficient (Wildman–Crippen LogP) is 1.51. The average Bonchev–Trinajstić information content (AvgIpc) is 3.03. The van der Waals surface area contributed by atoms with Crippen molar-refractivity contribution >= 4 is 0 Å². The van der Waals surface area contributed by atoms with Crippen LogP contribution >= 0.6 is 0 Å². The van der Waals surface area contributed by atoms with E-state index >= 15 is 0 Å². The lowest BCUT2D eigenvalue weighted by molar-refractivity contribution is -0.0182. The van der Waals surface area contributed by atoms with Crippen LogP contribution in [0.2, 0.25) is 0 Å². The quantitative estimate of drug-likeness (QED) is 0.846. The molecule has 1 unspecified atom stereocenters. The first-order valence-electron chi connectivity index (χ1n) is 7.94. The second-order valence-electron chi connectivity index (χ2n) is 5.88. The SMILES string of the molecule is COc1ccc(-c2[nH]ncc2CNCC2CN(C)CCO2)cc1. The largest absolute Gasteiger partial charge is 0.497 e. The molecule has 2 heterocycles. The van der Waals surface area contributed by atoms with E-state index in [2.05, 4.69) is 27.5 Å². The number of aromatic amines is 1. The summed E-state index contributed by atoms with van der Waals surface area (Å²) in [6.07, 6.45) is 2.13. The van der Waals surface area contributed by atoms with Crippen molar-refractivity contribution in [2.24, 2.45) is 0 Å². The Balaban J connectivity index is 1.57. The first-order valence-corrected chi connectivity index (χ1v) is 7.94. The molecule has 1 aromatic heterocycles. The summed E-state index contributed by atoms with van der Waals surface area (Å²) in [6, 6.07) is 7.99. The minimum atomic E-state index is 0.255. The van der Waals surface area contributed by atoms with Crippen LogP contribution < -0.4 is 10.1 Å². The topological polar surface area (TPSA) is 62.4 Å². The predicted molar refractivity (Wildman–Crippen MR) is 89.5 cm³/mol. The molecule has 1 saturated heterocycles. The first-order chi connectivity index (χ1) is 11.3. The Morgan fingerprint density at radius 2 is 2.22 bits per heavy atom. The number of nitrogens with zero attached hydrogens (tertiary/aromatic N) is 2. The van der Waals surface area contributed by atoms with Crippen LogP contribution in [0.3, 0.4) is 0 Å². The number of ether oxygens (including phenoxy) is 2. The number of morpholine rings is 1. The van der Waals surface area contributed by atoms with Gasteiger partial charge in [0.1, 0.15) is 5.75 Å². The second kappa shape index (κ2) is 7.59. The van der Waals surface area contributed by atoms with Gasteiger partial charge in [-0.2, -0.15) is 5.10 Å². The molecule has 6 nitrogen and oxygen atoms in total. The van der Waals surface area contributed by atoms with E-state index in [1.54, 1.807) is 7.11 Å². The van der Waals surface area contributed by atoms with E-state index in [1.807, 2.05) is 30.5 Å². The molecule has 0 spiro atoms. The van der Waals surface area contributed by atoms with Gasteiger partial charge in [-0.05, 0) is 31.3 Å². The van der Waals surface area contributed by atoms with Crippen molar-refractivity contribution in [2.45, 2.75) is 12.6 Å². The van der Waals surface area contributed by atoms with Crippen LogP contribution in [0.15, 0.2) is 30.5 Å². The fourth-order valence-electron chi connectivity index (χ4n) is 2.81. The standard InChI is InChI=1S/C17H24N4O2/c1-21-7-8-23-16(12-21)11-18-9-14-10-19-20-17(14)13-3-5-15(22-2)6-4-13/h3-6,10,16,18H,7-9,11-12H2,1-2H3,(H,19,20). The van der Waals surface area contributed by atoms with Crippen molar-refractivity contribution in [2.75, 3.05) is 40.4 Å². The Kier molecular flexibility index (Phi) is 5.27. The average molecular weight is 316 g/mol. The Morgan fingerprint density at radius 1 is 1.39 bits per heavy atom. The fraction of sp³-hybridized carbons (Fsp3) is 0.471. The van der Waals surface area contributed by atoms with Gasteiger partial charge >= 0.3 is 0 Å². The zero-order chi connectivity index (χ0) is 16.1. The van der Waals surface area contributed by atoms with Crippen molar-refractivity contribution in [1.82, 2.24) is 20.4 Å². The van der Waals surface area contributed by atoms with Gasteiger partial charge < -0.3 is 19.7 Å². The van der Waals surface area contributed by atoms with E-state index in [0.717, 1.165) is 55.4 Å². The number of hydrogen-bond acceptors (Lipinski definition) is 5. The van der Waals surface area contributed by atoms with Crippen LogP contribution in [0.1, 0.15) is 5.56 Å². The molecule has 0 radical (unpaired) electrons. The molecule has 2 N–H and O–H groups in total. The molecule has 0 saturated carbocycles. The number of H-pyrrole nitrogens is 1. The highest BCUT2D eigenvalue weighted by Gasteiger charge is 2.17. The Morgan fingerprint density at radius 3 is 2.96 bits per heavy atom. The van der Waals surface area contributed by atoms with Crippen molar-refractivity contribution in [1.29, 1.82) is 0 Å². The van der Waals surface area contributed by atoms with E-state index < -0.39 is 0 Å². The maximum absolute atomic E-state index is 5.77. The molecule has 23 heavy (non-hydrogen) atoms. The van der Waals surface area contributed by atoms with Crippen LogP contribution in [0.4, 0.5) is 0 Å². The molecule has 2 aromatic rings. The van der Waals surface area contributed by atoms with Gasteiger partial charge in [-0.3, -0.25) is 5.10 Å². The van der Waals surface area contributed by atoms with Crippen LogP contribution in [0, 0.1) is 0 Å². The zero-order valence-electron chi connectivity index (χ0n) is 13.7. The number of benzene rings is 1. The highest BCUT2D eigenvalue weighted by molar-refractivity contribution is 5.63. The van der Waals surface area contributed by atoms with Crippen LogP contribution in [-0.4, -0.2) is 61.6 Å². The molecular weight excluding hydrogens is 292 g/mol. The number of rotatable bonds is 6. The summed E-state index contributed by atoms with van der Waals surface area (Å²) in [5.74, 6) is 0.853. The summed E-state index contributed by atoms with van der Waals surface area (Å²) in [6.45, 7) is 4.41. The van der Waals surface area contributed by atoms with Crippen molar-refractivity contribution in [3.05, 3.63) is 36.0 Å². The molecule has 0 amide bonds. The lowest BCUT2D eigenvalue weighted by Crippen LogP contribution is -2.44. The fourth-order valence-corrected chi connectivity index (χ4v) is 2.81. The van der Waals surface area contributed by atoms with E-state index in [-0.39, 0.29) is 6.10 Å². The maximum atomic E-state index is 5.77. The minimum Gasteiger partial charge on any atom is -0.497 e. The number of aromatic nitrogens is 2. The van der Waals surface area contributed by atoms with E-state index in [0.29, 0.717) is 0 Å². The van der Waals surface area contributed by atoms with E-state index in [9.17, 15) is 0 Å². The van der Waals surface area contributed by atoms with Gasteiger partial charge in [-0.1, -0.05) is 0 Å². The summed E-state index contributed by atoms with van der Waals surface area (Å²) in [7, 11) is 3.80. The van der Waals surface area contributed by atoms with Gasteiger partial charge in [-0.25, -0.2) is 0 Å². The normalized spacial score (nSPS) is 19.0. The molecule has 1 atom stereocenters. The minimum absolute atomic E-state index is 0.255. The smallest absolute Gasteiger partial charge is 0.118 e. The highest BCUT2D eigenvalue weighted by Crippen LogP contribution is 2.23. The molecule has 6 heteroatoms. The molecule has 0 aliphatic carbocycles. The highest BCUT2D eigenvalue weighted by atomic mass is 16.5. The second-order valence-corrected chi connectivity index (χ2v) is 5.88. The summed E-state index contributed by atoms with van der Waals surface area (Å²) in [4.78, 5) is 2.30. The number of nitrogens with one attached hydrogen (secondary N) is 2. The first kappa shape index (κ1) is 16.0. The van der Waals surface area contributed by atoms with Crippen LogP contribution in [0.25, 0.3) is 11.3 Å². The zero-order valence-corrected chi connectivity index (χ0v) is 13.7. The molecule has 1 aliphatic rings. The van der Waals surface area contributed by atoms with Crippen molar-refractivity contribution in [3.8, 4) is 17.0 Å². The van der Waals surface area contributed by atoms with Crippen LogP contribution in [0.5, 0.6) is 5.75 Å². The van der Waals surface area contributed by atoms with Crippen molar-refractivity contribution in [3.63, 3.8) is 0 Å². The number of hydrogen-bond donors (Lipinski definition) is 2. The van der Waals surface area contributed by atoms with Gasteiger partial charge in [0.05, 0.1) is 31.7 Å². The lowest BCUT2D eigenvalue weighted by Gasteiger charge is -2.30. The Bertz CT molecular complexity index is 611. The third-order valence-electron chi connectivity index (χ3n) is 4.13. The molecule has 0 bridgehead atoms. The summed E-state index contributed by atoms with van der Waals surface area (Å²) < 4.78 is 11.0. The third kappa shape index (κ3) is 4.10. The molecular formula is C17H24N4O2. The third-order valence-corrected chi connectivity index (χ3v) is 4.13. The van der Waals surface area contributed by atoms with Gasteiger partial charge in [0, 0.05) is 37.3 Å². The number of methoxy groups -OCH3 is 1. The van der Waals surface area contributed by atoms with Gasteiger partial charge in [0.15, 0.2) is 0 Å². The molecule has 124 valence electrons. The van der Waals surface area contributed by atoms with Gasteiger partial charge in [-0.15, -0.1) is 0 Å². The monoisotopic (exact) mass is 316 g/mol. The van der Waals surface area contributed by atoms with Crippen LogP contribution in [-0.2, 0) is 11.3 Å². The molecule has 1 aromatic carbocycles. The van der Waals surface area contributed by atoms with Gasteiger partial charge in [0.2, 0.25) is 0 Å². The molecule has 1 aliphatic heterocycles. The van der Waals surface area contributed by atoms with Gasteiger partial charge in [0.25, 0.3) is 0 Å². The van der Waals surface area contributed by atoms with E-state index in [4.69, 9.17) is 9.47 Å². The Hall–Kier alpha value is -1.89. The maximum Gasteiger partial charge on any atom is 0.118 e. The summed E-state index contributed by atoms with van der Waals surface area (Å²) in [5.41, 5.74) is 3.30. The van der Waals surface area contributed by atoms with E-state index in [1.165, 1.54) is 0 Å². The molecule has 3 rings (SSSR count).